The summed E-state index contributed by atoms with van der Waals surface area (Å²) in [6, 6.07) is 16.1. The SMILES string of the molecule is Cl.Cn1c(-c2ccc(NC(=O)C3CCC(N)C3)cc2)nc2ccccc21. The summed E-state index contributed by atoms with van der Waals surface area (Å²) >= 11 is 0. The second-order valence-corrected chi connectivity index (χ2v) is 6.82. The number of hydrogen-bond acceptors (Lipinski definition) is 3. The van der Waals surface area contributed by atoms with E-state index in [-0.39, 0.29) is 30.3 Å². The molecule has 1 fully saturated rings. The molecule has 1 heterocycles. The highest BCUT2D eigenvalue weighted by molar-refractivity contribution is 5.93. The van der Waals surface area contributed by atoms with E-state index in [1.807, 2.05) is 49.5 Å². The predicted molar refractivity (Wildman–Crippen MR) is 107 cm³/mol. The van der Waals surface area contributed by atoms with Crippen LogP contribution in [-0.2, 0) is 11.8 Å². The highest BCUT2D eigenvalue weighted by atomic mass is 35.5. The fourth-order valence-electron chi connectivity index (χ4n) is 3.61. The molecule has 0 bridgehead atoms. The van der Waals surface area contributed by atoms with Crippen molar-refractivity contribution in [3.05, 3.63) is 48.5 Å². The molecule has 4 rings (SSSR count). The molecule has 1 aliphatic carbocycles. The van der Waals surface area contributed by atoms with Crippen molar-refractivity contribution in [2.45, 2.75) is 25.3 Å². The molecule has 1 aliphatic rings. The number of aromatic nitrogens is 2. The number of benzene rings is 2. The molecule has 6 heteroatoms. The van der Waals surface area contributed by atoms with Crippen molar-refractivity contribution in [2.24, 2.45) is 18.7 Å². The van der Waals surface area contributed by atoms with Crippen molar-refractivity contribution >= 4 is 35.0 Å². The van der Waals surface area contributed by atoms with Gasteiger partial charge in [-0.25, -0.2) is 4.98 Å². The lowest BCUT2D eigenvalue weighted by Crippen LogP contribution is -2.23. The normalized spacial score (nSPS) is 19.3. The zero-order valence-electron chi connectivity index (χ0n) is 14.7. The molecule has 26 heavy (non-hydrogen) atoms. The van der Waals surface area contributed by atoms with Gasteiger partial charge in [0, 0.05) is 30.3 Å². The number of carbonyl (C=O) groups excluding carboxylic acids is 1. The Hall–Kier alpha value is -2.37. The highest BCUT2D eigenvalue weighted by Gasteiger charge is 2.27. The van der Waals surface area contributed by atoms with Gasteiger partial charge in [0.1, 0.15) is 5.82 Å². The number of para-hydroxylation sites is 2. The van der Waals surface area contributed by atoms with Gasteiger partial charge in [-0.1, -0.05) is 12.1 Å². The number of nitrogens with one attached hydrogen (secondary N) is 1. The summed E-state index contributed by atoms with van der Waals surface area (Å²) in [5.41, 5.74) is 9.82. The molecule has 3 N–H and O–H groups in total. The Labute approximate surface area is 159 Å². The van der Waals surface area contributed by atoms with Gasteiger partial charge in [-0.3, -0.25) is 4.79 Å². The number of carbonyl (C=O) groups is 1. The molecule has 2 unspecified atom stereocenters. The number of imidazole rings is 1. The minimum atomic E-state index is 0. The standard InChI is InChI=1S/C20H22N4O.ClH/c1-24-18-5-3-2-4-17(18)23-19(24)13-7-10-16(11-8-13)22-20(25)14-6-9-15(21)12-14;/h2-5,7-8,10-11,14-15H,6,9,12,21H2,1H3,(H,22,25);1H. The minimum absolute atomic E-state index is 0. The number of rotatable bonds is 3. The number of hydrogen-bond donors (Lipinski definition) is 2. The third-order valence-electron chi connectivity index (χ3n) is 5.04. The zero-order valence-corrected chi connectivity index (χ0v) is 15.5. The number of amides is 1. The summed E-state index contributed by atoms with van der Waals surface area (Å²) < 4.78 is 2.09. The van der Waals surface area contributed by atoms with Crippen molar-refractivity contribution in [3.63, 3.8) is 0 Å². The first-order valence-electron chi connectivity index (χ1n) is 8.70. The van der Waals surface area contributed by atoms with E-state index in [0.29, 0.717) is 0 Å². The third kappa shape index (κ3) is 3.45. The monoisotopic (exact) mass is 370 g/mol. The molecule has 3 aromatic rings. The van der Waals surface area contributed by atoms with E-state index in [9.17, 15) is 4.79 Å². The molecule has 1 saturated carbocycles. The van der Waals surface area contributed by atoms with Crippen LogP contribution in [0.25, 0.3) is 22.4 Å². The molecule has 1 amide bonds. The number of aryl methyl sites for hydroxylation is 1. The molecule has 0 saturated heterocycles. The molecular formula is C20H23ClN4O. The Morgan fingerprint density at radius 2 is 1.88 bits per heavy atom. The summed E-state index contributed by atoms with van der Waals surface area (Å²) in [6.45, 7) is 0. The van der Waals surface area contributed by atoms with Crippen LogP contribution in [0.3, 0.4) is 0 Å². The van der Waals surface area contributed by atoms with Crippen molar-refractivity contribution in [1.29, 1.82) is 0 Å². The van der Waals surface area contributed by atoms with Gasteiger partial charge in [-0.2, -0.15) is 0 Å². The lowest BCUT2D eigenvalue weighted by Gasteiger charge is -2.11. The minimum Gasteiger partial charge on any atom is -0.328 e. The van der Waals surface area contributed by atoms with Crippen molar-refractivity contribution in [3.8, 4) is 11.4 Å². The lowest BCUT2D eigenvalue weighted by molar-refractivity contribution is -0.119. The Kier molecular flexibility index (Phi) is 5.30. The van der Waals surface area contributed by atoms with Crippen molar-refractivity contribution < 1.29 is 4.79 Å². The number of nitrogens with two attached hydrogens (primary N) is 1. The number of anilines is 1. The Bertz CT molecular complexity index is 919. The summed E-state index contributed by atoms with van der Waals surface area (Å²) in [7, 11) is 2.02. The predicted octanol–water partition coefficient (Wildman–Crippen LogP) is 3.73. The summed E-state index contributed by atoms with van der Waals surface area (Å²) in [5, 5.41) is 3.00. The molecule has 1 aromatic heterocycles. The van der Waals surface area contributed by atoms with Crippen LogP contribution < -0.4 is 11.1 Å². The van der Waals surface area contributed by atoms with Gasteiger partial charge in [-0.05, 0) is 55.7 Å². The van der Waals surface area contributed by atoms with E-state index in [0.717, 1.165) is 47.4 Å². The van der Waals surface area contributed by atoms with Gasteiger partial charge < -0.3 is 15.6 Å². The third-order valence-corrected chi connectivity index (χ3v) is 5.04. The van der Waals surface area contributed by atoms with Gasteiger partial charge in [0.05, 0.1) is 11.0 Å². The average molecular weight is 371 g/mol. The molecule has 0 spiro atoms. The van der Waals surface area contributed by atoms with Gasteiger partial charge in [0.2, 0.25) is 5.91 Å². The largest absolute Gasteiger partial charge is 0.328 e. The van der Waals surface area contributed by atoms with Crippen LogP contribution >= 0.6 is 12.4 Å². The van der Waals surface area contributed by atoms with Crippen molar-refractivity contribution in [2.75, 3.05) is 5.32 Å². The number of halogens is 1. The van der Waals surface area contributed by atoms with Gasteiger partial charge >= 0.3 is 0 Å². The van der Waals surface area contributed by atoms with E-state index in [4.69, 9.17) is 10.7 Å². The first kappa shape index (κ1) is 18.4. The maximum absolute atomic E-state index is 12.3. The fraction of sp³-hybridized carbons (Fsp3) is 0.300. The smallest absolute Gasteiger partial charge is 0.227 e. The van der Waals surface area contributed by atoms with Gasteiger partial charge in [0.15, 0.2) is 0 Å². The van der Waals surface area contributed by atoms with Crippen LogP contribution in [0, 0.1) is 5.92 Å². The van der Waals surface area contributed by atoms with E-state index in [1.165, 1.54) is 0 Å². The molecule has 136 valence electrons. The quantitative estimate of drug-likeness (QED) is 0.737. The van der Waals surface area contributed by atoms with E-state index in [1.54, 1.807) is 0 Å². The lowest BCUT2D eigenvalue weighted by atomic mass is 10.1. The van der Waals surface area contributed by atoms with E-state index in [2.05, 4.69) is 16.0 Å². The second kappa shape index (κ2) is 7.48. The van der Waals surface area contributed by atoms with Crippen LogP contribution in [-0.4, -0.2) is 21.5 Å². The van der Waals surface area contributed by atoms with E-state index >= 15 is 0 Å². The maximum atomic E-state index is 12.3. The summed E-state index contributed by atoms with van der Waals surface area (Å²) in [6.07, 6.45) is 2.60. The number of fused-ring (bicyclic) bond motifs is 1. The topological polar surface area (TPSA) is 72.9 Å². The summed E-state index contributed by atoms with van der Waals surface area (Å²) in [4.78, 5) is 17.0. The van der Waals surface area contributed by atoms with Crippen LogP contribution in [0.5, 0.6) is 0 Å². The molecule has 2 aromatic carbocycles. The van der Waals surface area contributed by atoms with Crippen LogP contribution in [0.15, 0.2) is 48.5 Å². The highest BCUT2D eigenvalue weighted by Crippen LogP contribution is 2.27. The maximum Gasteiger partial charge on any atom is 0.227 e. The molecular weight excluding hydrogens is 348 g/mol. The first-order chi connectivity index (χ1) is 12.1. The zero-order chi connectivity index (χ0) is 17.4. The molecule has 2 atom stereocenters. The van der Waals surface area contributed by atoms with E-state index < -0.39 is 0 Å². The molecule has 0 aliphatic heterocycles. The molecule has 0 radical (unpaired) electrons. The van der Waals surface area contributed by atoms with Crippen LogP contribution in [0.2, 0.25) is 0 Å². The number of nitrogens with zero attached hydrogens (tertiary/aromatic N) is 2. The van der Waals surface area contributed by atoms with Crippen molar-refractivity contribution in [1.82, 2.24) is 9.55 Å². The van der Waals surface area contributed by atoms with Crippen LogP contribution in [0.4, 0.5) is 5.69 Å². The van der Waals surface area contributed by atoms with Gasteiger partial charge in [0.25, 0.3) is 0 Å². The first-order valence-corrected chi connectivity index (χ1v) is 8.70. The molecule has 5 nitrogen and oxygen atoms in total. The average Bonchev–Trinajstić information content (AvgIpc) is 3.20. The Balaban J connectivity index is 0.00000196. The Morgan fingerprint density at radius 3 is 2.54 bits per heavy atom. The second-order valence-electron chi connectivity index (χ2n) is 6.82. The fourth-order valence-corrected chi connectivity index (χ4v) is 3.61. The summed E-state index contributed by atoms with van der Waals surface area (Å²) in [5.74, 6) is 1.03. The van der Waals surface area contributed by atoms with Gasteiger partial charge in [-0.15, -0.1) is 12.4 Å². The van der Waals surface area contributed by atoms with Crippen LogP contribution in [0.1, 0.15) is 19.3 Å². The Morgan fingerprint density at radius 1 is 1.15 bits per heavy atom.